The zero-order valence-electron chi connectivity index (χ0n) is 18.1. The summed E-state index contributed by atoms with van der Waals surface area (Å²) >= 11 is 1.45. The summed E-state index contributed by atoms with van der Waals surface area (Å²) in [6.45, 7) is 6.21. The summed E-state index contributed by atoms with van der Waals surface area (Å²) < 4.78 is 1.70. The number of amides is 1. The highest BCUT2D eigenvalue weighted by molar-refractivity contribution is 7.98. The highest BCUT2D eigenvalue weighted by Gasteiger charge is 2.21. The van der Waals surface area contributed by atoms with E-state index >= 15 is 0 Å². The largest absolute Gasteiger partial charge is 0.345 e. The number of pyridine rings is 1. The molecule has 4 aromatic rings. The molecule has 1 aromatic carbocycles. The molecule has 162 valence electrons. The Morgan fingerprint density at radius 2 is 1.78 bits per heavy atom. The molecular formula is C23H23N7OS. The summed E-state index contributed by atoms with van der Waals surface area (Å²) in [6.07, 6.45) is 1.70. The van der Waals surface area contributed by atoms with E-state index in [9.17, 15) is 4.79 Å². The molecule has 1 amide bonds. The van der Waals surface area contributed by atoms with Crippen LogP contribution in [0.25, 0.3) is 5.69 Å². The van der Waals surface area contributed by atoms with Crippen LogP contribution < -0.4 is 5.32 Å². The Bertz CT molecular complexity index is 1200. The summed E-state index contributed by atoms with van der Waals surface area (Å²) in [6, 6.07) is 15.4. The topological polar surface area (TPSA) is 98.5 Å². The molecule has 0 aliphatic heterocycles. The van der Waals surface area contributed by atoms with Crippen molar-refractivity contribution in [1.29, 1.82) is 0 Å². The van der Waals surface area contributed by atoms with E-state index in [0.717, 1.165) is 28.3 Å². The van der Waals surface area contributed by atoms with E-state index in [0.29, 0.717) is 23.1 Å². The average molecular weight is 446 g/mol. The first-order chi connectivity index (χ1) is 15.5. The third-order valence-corrected chi connectivity index (χ3v) is 5.57. The highest BCUT2D eigenvalue weighted by atomic mass is 32.2. The molecule has 32 heavy (non-hydrogen) atoms. The van der Waals surface area contributed by atoms with Gasteiger partial charge in [0.25, 0.3) is 5.91 Å². The molecule has 0 bridgehead atoms. The second-order valence-corrected chi connectivity index (χ2v) is 8.30. The molecule has 0 spiro atoms. The lowest BCUT2D eigenvalue weighted by Crippen LogP contribution is -2.25. The second-order valence-electron chi connectivity index (χ2n) is 7.36. The predicted molar refractivity (Wildman–Crippen MR) is 123 cm³/mol. The third-order valence-electron chi connectivity index (χ3n) is 4.71. The molecule has 3 aromatic heterocycles. The van der Waals surface area contributed by atoms with E-state index in [2.05, 4.69) is 30.6 Å². The molecule has 0 saturated heterocycles. The molecule has 9 heteroatoms. The van der Waals surface area contributed by atoms with Gasteiger partial charge in [-0.2, -0.15) is 0 Å². The first-order valence-electron chi connectivity index (χ1n) is 10.1. The SMILES string of the molecule is Cc1ccc(-n2nnc(C(=O)NCc3ccccn3)c2CSc2nc(C)cc(C)n2)cc1. The van der Waals surface area contributed by atoms with Crippen LogP contribution in [0.15, 0.2) is 59.9 Å². The molecule has 8 nitrogen and oxygen atoms in total. The Labute approximate surface area is 190 Å². The molecule has 0 fully saturated rings. The molecule has 0 unspecified atom stereocenters. The van der Waals surface area contributed by atoms with Gasteiger partial charge in [-0.25, -0.2) is 14.6 Å². The lowest BCUT2D eigenvalue weighted by atomic mass is 10.2. The van der Waals surface area contributed by atoms with Crippen LogP contribution in [0.2, 0.25) is 0 Å². The lowest BCUT2D eigenvalue weighted by molar-refractivity contribution is 0.0944. The van der Waals surface area contributed by atoms with E-state index in [1.807, 2.05) is 69.3 Å². The Morgan fingerprint density at radius 3 is 2.47 bits per heavy atom. The fourth-order valence-electron chi connectivity index (χ4n) is 3.15. The number of aromatic nitrogens is 6. The number of benzene rings is 1. The smallest absolute Gasteiger partial charge is 0.274 e. The molecule has 0 aliphatic carbocycles. The highest BCUT2D eigenvalue weighted by Crippen LogP contribution is 2.24. The molecule has 0 saturated carbocycles. The van der Waals surface area contributed by atoms with Crippen molar-refractivity contribution in [3.05, 3.63) is 88.8 Å². The van der Waals surface area contributed by atoms with Crippen molar-refractivity contribution in [3.63, 3.8) is 0 Å². The Balaban J connectivity index is 1.61. The minimum absolute atomic E-state index is 0.276. The monoisotopic (exact) mass is 445 g/mol. The number of nitrogens with one attached hydrogen (secondary N) is 1. The minimum atomic E-state index is -0.300. The standard InChI is InChI=1S/C23H23N7OS/c1-15-7-9-19(10-8-15)30-20(14-32-23-26-16(2)12-17(3)27-23)21(28-29-30)22(31)25-13-18-6-4-5-11-24-18/h4-12H,13-14H2,1-3H3,(H,25,31). The van der Waals surface area contributed by atoms with Crippen molar-refractivity contribution in [2.24, 2.45) is 0 Å². The minimum Gasteiger partial charge on any atom is -0.345 e. The van der Waals surface area contributed by atoms with Crippen LogP contribution in [0.3, 0.4) is 0 Å². The van der Waals surface area contributed by atoms with Gasteiger partial charge in [0.2, 0.25) is 0 Å². The Morgan fingerprint density at radius 1 is 1.03 bits per heavy atom. The number of hydrogen-bond acceptors (Lipinski definition) is 7. The molecule has 1 N–H and O–H groups in total. The van der Waals surface area contributed by atoms with E-state index in [-0.39, 0.29) is 11.6 Å². The van der Waals surface area contributed by atoms with Crippen molar-refractivity contribution in [3.8, 4) is 5.69 Å². The maximum Gasteiger partial charge on any atom is 0.274 e. The number of hydrogen-bond donors (Lipinski definition) is 1. The number of aryl methyl sites for hydroxylation is 3. The van der Waals surface area contributed by atoms with Gasteiger partial charge in [0.15, 0.2) is 10.9 Å². The van der Waals surface area contributed by atoms with Gasteiger partial charge in [0.1, 0.15) is 0 Å². The summed E-state index contributed by atoms with van der Waals surface area (Å²) in [5, 5.41) is 12.0. The van der Waals surface area contributed by atoms with Crippen LogP contribution in [0.4, 0.5) is 0 Å². The zero-order chi connectivity index (χ0) is 22.5. The van der Waals surface area contributed by atoms with Crippen LogP contribution in [0, 0.1) is 20.8 Å². The zero-order valence-corrected chi connectivity index (χ0v) is 18.9. The number of nitrogens with zero attached hydrogens (tertiary/aromatic N) is 6. The Hall–Kier alpha value is -3.59. The summed E-state index contributed by atoms with van der Waals surface area (Å²) in [5.41, 5.74) is 5.51. The van der Waals surface area contributed by atoms with Crippen molar-refractivity contribution in [2.75, 3.05) is 0 Å². The van der Waals surface area contributed by atoms with Crippen molar-refractivity contribution >= 4 is 17.7 Å². The van der Waals surface area contributed by atoms with Gasteiger partial charge in [0, 0.05) is 23.3 Å². The predicted octanol–water partition coefficient (Wildman–Crippen LogP) is 3.60. The van der Waals surface area contributed by atoms with Crippen molar-refractivity contribution in [1.82, 2.24) is 35.3 Å². The van der Waals surface area contributed by atoms with Crippen LogP contribution in [0.5, 0.6) is 0 Å². The molecule has 4 rings (SSSR count). The first-order valence-corrected chi connectivity index (χ1v) is 11.1. The number of thioether (sulfide) groups is 1. The van der Waals surface area contributed by atoms with E-state index in [1.54, 1.807) is 10.9 Å². The Kier molecular flexibility index (Phi) is 6.55. The van der Waals surface area contributed by atoms with E-state index in [4.69, 9.17) is 0 Å². The van der Waals surface area contributed by atoms with Crippen LogP contribution in [0.1, 0.15) is 38.8 Å². The van der Waals surface area contributed by atoms with Crippen LogP contribution >= 0.6 is 11.8 Å². The summed E-state index contributed by atoms with van der Waals surface area (Å²) in [4.78, 5) is 26.2. The van der Waals surface area contributed by atoms with Crippen molar-refractivity contribution < 1.29 is 4.79 Å². The van der Waals surface area contributed by atoms with Crippen molar-refractivity contribution in [2.45, 2.75) is 38.2 Å². The second kappa shape index (κ2) is 9.69. The molecule has 0 aliphatic rings. The number of carbonyl (C=O) groups excluding carboxylic acids is 1. The van der Waals surface area contributed by atoms with E-state index in [1.165, 1.54) is 11.8 Å². The molecular weight excluding hydrogens is 422 g/mol. The summed E-state index contributed by atoms with van der Waals surface area (Å²) in [5.74, 6) is 0.141. The van der Waals surface area contributed by atoms with Gasteiger partial charge in [-0.15, -0.1) is 5.10 Å². The number of rotatable bonds is 7. The van der Waals surface area contributed by atoms with Gasteiger partial charge < -0.3 is 5.32 Å². The maximum atomic E-state index is 13.0. The normalized spacial score (nSPS) is 10.8. The summed E-state index contributed by atoms with van der Waals surface area (Å²) in [7, 11) is 0. The fourth-order valence-corrected chi connectivity index (χ4v) is 4.09. The van der Waals surface area contributed by atoms with Gasteiger partial charge in [-0.1, -0.05) is 40.7 Å². The maximum absolute atomic E-state index is 13.0. The molecule has 0 radical (unpaired) electrons. The fraction of sp³-hybridized carbons (Fsp3) is 0.217. The van der Waals surface area contributed by atoms with Gasteiger partial charge in [-0.05, 0) is 51.1 Å². The average Bonchev–Trinajstić information content (AvgIpc) is 3.20. The molecule has 3 heterocycles. The van der Waals surface area contributed by atoms with Gasteiger partial charge in [-0.3, -0.25) is 9.78 Å². The molecule has 0 atom stereocenters. The van der Waals surface area contributed by atoms with Gasteiger partial charge in [0.05, 0.1) is 23.6 Å². The van der Waals surface area contributed by atoms with Crippen LogP contribution in [-0.2, 0) is 12.3 Å². The quantitative estimate of drug-likeness (QED) is 0.343. The first kappa shape index (κ1) is 21.6. The van der Waals surface area contributed by atoms with E-state index < -0.39 is 0 Å². The third kappa shape index (κ3) is 5.17. The van der Waals surface area contributed by atoms with Gasteiger partial charge >= 0.3 is 0 Å². The number of carbonyl (C=O) groups is 1. The lowest BCUT2D eigenvalue weighted by Gasteiger charge is -2.09. The van der Waals surface area contributed by atoms with Crippen LogP contribution in [-0.4, -0.2) is 35.9 Å².